The van der Waals surface area contributed by atoms with Crippen LogP contribution in [0.5, 0.6) is 5.88 Å². The van der Waals surface area contributed by atoms with Crippen LogP contribution in [0.1, 0.15) is 16.1 Å². The van der Waals surface area contributed by atoms with Crippen LogP contribution in [-0.4, -0.2) is 28.2 Å². The molecule has 6 heteroatoms. The number of aromatic nitrogens is 3. The molecule has 0 saturated carbocycles. The number of ether oxygens (including phenoxy) is 1. The molecular weight excluding hydrogens is 268 g/mol. The second-order valence-electron chi connectivity index (χ2n) is 4.66. The summed E-state index contributed by atoms with van der Waals surface area (Å²) in [4.78, 5) is 16.3. The fourth-order valence-corrected chi connectivity index (χ4v) is 2.07. The molecule has 0 spiro atoms. The molecule has 0 aliphatic rings. The van der Waals surface area contributed by atoms with Crippen molar-refractivity contribution in [3.05, 3.63) is 47.8 Å². The maximum atomic E-state index is 12.3. The Bertz CT molecular complexity index is 793. The van der Waals surface area contributed by atoms with E-state index in [9.17, 15) is 4.79 Å². The number of carbonyl (C=O) groups excluding carboxylic acids is 1. The number of rotatable bonds is 3. The van der Waals surface area contributed by atoms with Crippen molar-refractivity contribution < 1.29 is 9.53 Å². The minimum atomic E-state index is -0.279. The van der Waals surface area contributed by atoms with Crippen molar-refractivity contribution in [1.82, 2.24) is 15.2 Å². The molecule has 1 aromatic carbocycles. The number of anilines is 1. The minimum Gasteiger partial charge on any atom is -0.481 e. The third-order valence-corrected chi connectivity index (χ3v) is 3.14. The zero-order valence-corrected chi connectivity index (χ0v) is 11.7. The number of nitrogens with zero attached hydrogens (tertiary/aromatic N) is 2. The SMILES string of the molecule is COc1ccc(NC(=O)c2n[nH]c3ccc(C)cc23)cn1. The molecule has 0 bridgehead atoms. The molecule has 106 valence electrons. The molecule has 0 saturated heterocycles. The number of hydrogen-bond acceptors (Lipinski definition) is 4. The summed E-state index contributed by atoms with van der Waals surface area (Å²) < 4.78 is 4.98. The highest BCUT2D eigenvalue weighted by atomic mass is 16.5. The number of carbonyl (C=O) groups is 1. The van der Waals surface area contributed by atoms with Crippen molar-refractivity contribution in [2.24, 2.45) is 0 Å². The van der Waals surface area contributed by atoms with Crippen molar-refractivity contribution in [1.29, 1.82) is 0 Å². The molecule has 3 rings (SSSR count). The molecule has 6 nitrogen and oxygen atoms in total. The van der Waals surface area contributed by atoms with Gasteiger partial charge in [0, 0.05) is 11.5 Å². The standard InChI is InChI=1S/C15H14N4O2/c1-9-3-5-12-11(7-9)14(19-18-12)15(20)17-10-4-6-13(21-2)16-8-10/h3-8H,1-2H3,(H,17,20)(H,18,19). The van der Waals surface area contributed by atoms with Crippen LogP contribution < -0.4 is 10.1 Å². The molecule has 3 aromatic rings. The van der Waals surface area contributed by atoms with Crippen molar-refractivity contribution in [2.45, 2.75) is 6.92 Å². The fourth-order valence-electron chi connectivity index (χ4n) is 2.07. The Kier molecular flexibility index (Phi) is 3.27. The number of nitrogens with one attached hydrogen (secondary N) is 2. The summed E-state index contributed by atoms with van der Waals surface area (Å²) in [5, 5.41) is 10.5. The smallest absolute Gasteiger partial charge is 0.276 e. The highest BCUT2D eigenvalue weighted by Gasteiger charge is 2.14. The van der Waals surface area contributed by atoms with Gasteiger partial charge in [-0.05, 0) is 25.1 Å². The van der Waals surface area contributed by atoms with Gasteiger partial charge < -0.3 is 10.1 Å². The summed E-state index contributed by atoms with van der Waals surface area (Å²) in [6.45, 7) is 1.97. The quantitative estimate of drug-likeness (QED) is 0.773. The Morgan fingerprint density at radius 3 is 2.86 bits per heavy atom. The molecule has 2 heterocycles. The fraction of sp³-hybridized carbons (Fsp3) is 0.133. The van der Waals surface area contributed by atoms with Crippen molar-refractivity contribution in [3.63, 3.8) is 0 Å². The Balaban J connectivity index is 1.87. The third-order valence-electron chi connectivity index (χ3n) is 3.14. The lowest BCUT2D eigenvalue weighted by Crippen LogP contribution is -2.13. The first-order valence-corrected chi connectivity index (χ1v) is 6.43. The highest BCUT2D eigenvalue weighted by molar-refractivity contribution is 6.11. The molecular formula is C15H14N4O2. The second-order valence-corrected chi connectivity index (χ2v) is 4.66. The van der Waals surface area contributed by atoms with Crippen LogP contribution in [0.4, 0.5) is 5.69 Å². The number of benzene rings is 1. The van der Waals surface area contributed by atoms with E-state index in [0.717, 1.165) is 16.5 Å². The lowest BCUT2D eigenvalue weighted by molar-refractivity contribution is 0.102. The molecule has 0 radical (unpaired) electrons. The molecule has 0 atom stereocenters. The zero-order valence-electron chi connectivity index (χ0n) is 11.7. The number of aromatic amines is 1. The number of hydrogen-bond donors (Lipinski definition) is 2. The summed E-state index contributed by atoms with van der Waals surface area (Å²) in [6.07, 6.45) is 1.54. The summed E-state index contributed by atoms with van der Waals surface area (Å²) in [7, 11) is 1.54. The van der Waals surface area contributed by atoms with Gasteiger partial charge in [0.15, 0.2) is 5.69 Å². The van der Waals surface area contributed by atoms with E-state index in [0.29, 0.717) is 17.3 Å². The minimum absolute atomic E-state index is 0.279. The first-order chi connectivity index (χ1) is 10.2. The van der Waals surface area contributed by atoms with E-state index in [-0.39, 0.29) is 5.91 Å². The number of H-pyrrole nitrogens is 1. The average Bonchev–Trinajstić information content (AvgIpc) is 2.91. The molecule has 0 unspecified atom stereocenters. The Hall–Kier alpha value is -2.89. The Morgan fingerprint density at radius 1 is 1.29 bits per heavy atom. The highest BCUT2D eigenvalue weighted by Crippen LogP contribution is 2.19. The van der Waals surface area contributed by atoms with Gasteiger partial charge in [-0.15, -0.1) is 0 Å². The molecule has 2 N–H and O–H groups in total. The molecule has 0 fully saturated rings. The Labute approximate surface area is 121 Å². The van der Waals surface area contributed by atoms with Gasteiger partial charge in [-0.3, -0.25) is 9.89 Å². The van der Waals surface area contributed by atoms with E-state index < -0.39 is 0 Å². The molecule has 21 heavy (non-hydrogen) atoms. The molecule has 2 aromatic heterocycles. The number of aryl methyl sites for hydroxylation is 1. The van der Waals surface area contributed by atoms with Crippen molar-refractivity contribution >= 4 is 22.5 Å². The van der Waals surface area contributed by atoms with Gasteiger partial charge in [-0.2, -0.15) is 5.10 Å². The van der Waals surface area contributed by atoms with Gasteiger partial charge >= 0.3 is 0 Å². The van der Waals surface area contributed by atoms with Crippen LogP contribution >= 0.6 is 0 Å². The lowest BCUT2D eigenvalue weighted by Gasteiger charge is -2.04. The van der Waals surface area contributed by atoms with E-state index in [2.05, 4.69) is 20.5 Å². The molecule has 0 aliphatic carbocycles. The maximum absolute atomic E-state index is 12.3. The molecule has 1 amide bonds. The van der Waals surface area contributed by atoms with Crippen LogP contribution in [0.2, 0.25) is 0 Å². The maximum Gasteiger partial charge on any atom is 0.276 e. The van der Waals surface area contributed by atoms with Gasteiger partial charge in [0.2, 0.25) is 5.88 Å². The topological polar surface area (TPSA) is 79.9 Å². The van der Waals surface area contributed by atoms with Gasteiger partial charge in [0.05, 0.1) is 24.5 Å². The van der Waals surface area contributed by atoms with E-state index >= 15 is 0 Å². The van der Waals surface area contributed by atoms with Crippen LogP contribution in [0.15, 0.2) is 36.5 Å². The summed E-state index contributed by atoms with van der Waals surface area (Å²) in [6, 6.07) is 9.21. The van der Waals surface area contributed by atoms with E-state index in [4.69, 9.17) is 4.74 Å². The lowest BCUT2D eigenvalue weighted by atomic mass is 10.1. The summed E-state index contributed by atoms with van der Waals surface area (Å²) in [5.41, 5.74) is 2.86. The van der Waals surface area contributed by atoms with Crippen molar-refractivity contribution in [3.8, 4) is 5.88 Å². The Morgan fingerprint density at radius 2 is 2.14 bits per heavy atom. The van der Waals surface area contributed by atoms with Gasteiger partial charge in [0.1, 0.15) is 0 Å². The van der Waals surface area contributed by atoms with Gasteiger partial charge in [0.25, 0.3) is 5.91 Å². The van der Waals surface area contributed by atoms with Crippen molar-refractivity contribution in [2.75, 3.05) is 12.4 Å². The molecule has 0 aliphatic heterocycles. The second kappa shape index (κ2) is 5.24. The monoisotopic (exact) mass is 282 g/mol. The predicted octanol–water partition coefficient (Wildman–Crippen LogP) is 2.53. The number of amides is 1. The number of pyridine rings is 1. The van der Waals surface area contributed by atoms with Crippen LogP contribution in [0, 0.1) is 6.92 Å². The van der Waals surface area contributed by atoms with Crippen LogP contribution in [-0.2, 0) is 0 Å². The first kappa shape index (κ1) is 13.1. The van der Waals surface area contributed by atoms with Crippen LogP contribution in [0.3, 0.4) is 0 Å². The number of fused-ring (bicyclic) bond motifs is 1. The van der Waals surface area contributed by atoms with E-state index in [1.807, 2.05) is 25.1 Å². The third kappa shape index (κ3) is 2.55. The largest absolute Gasteiger partial charge is 0.481 e. The number of methoxy groups -OCH3 is 1. The first-order valence-electron chi connectivity index (χ1n) is 6.43. The average molecular weight is 282 g/mol. The summed E-state index contributed by atoms with van der Waals surface area (Å²) in [5.74, 6) is 0.215. The zero-order chi connectivity index (χ0) is 14.8. The van der Waals surface area contributed by atoms with Gasteiger partial charge in [-0.1, -0.05) is 11.6 Å². The van der Waals surface area contributed by atoms with E-state index in [1.165, 1.54) is 6.20 Å². The van der Waals surface area contributed by atoms with Gasteiger partial charge in [-0.25, -0.2) is 4.98 Å². The summed E-state index contributed by atoms with van der Waals surface area (Å²) >= 11 is 0. The van der Waals surface area contributed by atoms with E-state index in [1.54, 1.807) is 19.2 Å². The predicted molar refractivity (Wildman–Crippen MR) is 79.6 cm³/mol. The normalized spacial score (nSPS) is 10.6. The van der Waals surface area contributed by atoms with Crippen LogP contribution in [0.25, 0.3) is 10.9 Å².